The smallest absolute Gasteiger partial charge is 0.0887 e. The van der Waals surface area contributed by atoms with Gasteiger partial charge in [-0.1, -0.05) is 20.8 Å². The molecule has 1 aliphatic heterocycles. The van der Waals surface area contributed by atoms with Gasteiger partial charge in [-0.2, -0.15) is 0 Å². The van der Waals surface area contributed by atoms with Crippen LogP contribution < -0.4 is 5.32 Å². The quantitative estimate of drug-likeness (QED) is 0.741. The minimum atomic E-state index is 0.774. The van der Waals surface area contributed by atoms with Crippen molar-refractivity contribution in [2.24, 2.45) is 28.7 Å². The molecule has 0 aromatic carbocycles. The summed E-state index contributed by atoms with van der Waals surface area (Å²) in [5.74, 6) is 3.42. The van der Waals surface area contributed by atoms with E-state index in [-0.39, 0.29) is 0 Å². The lowest BCUT2D eigenvalue weighted by Gasteiger charge is -2.35. The predicted molar refractivity (Wildman–Crippen MR) is 65.1 cm³/mol. The molecule has 0 aromatic rings. The van der Waals surface area contributed by atoms with Crippen molar-refractivity contribution in [3.8, 4) is 0 Å². The van der Waals surface area contributed by atoms with E-state index in [0.29, 0.717) is 0 Å². The molecule has 2 unspecified atom stereocenters. The fourth-order valence-electron chi connectivity index (χ4n) is 3.14. The number of aliphatic imine (C=N–C) groups is 1. The predicted octanol–water partition coefficient (Wildman–Crippen LogP) is 2.70. The number of nitrogens with one attached hydrogen (secondary N) is 1. The van der Waals surface area contributed by atoms with Crippen LogP contribution in [0.2, 0.25) is 0 Å². The van der Waals surface area contributed by atoms with E-state index >= 15 is 0 Å². The van der Waals surface area contributed by atoms with E-state index in [1.165, 1.54) is 25.0 Å². The van der Waals surface area contributed by atoms with Gasteiger partial charge in [0.25, 0.3) is 0 Å². The molecule has 0 amide bonds. The second-order valence-corrected chi connectivity index (χ2v) is 5.75. The van der Waals surface area contributed by atoms with E-state index in [4.69, 9.17) is 0 Å². The Morgan fingerprint density at radius 3 is 2.67 bits per heavy atom. The fourth-order valence-corrected chi connectivity index (χ4v) is 3.14. The summed E-state index contributed by atoms with van der Waals surface area (Å²) < 4.78 is 0. The van der Waals surface area contributed by atoms with Gasteiger partial charge in [-0.3, -0.25) is 10.3 Å². The van der Waals surface area contributed by atoms with Crippen LogP contribution in [-0.4, -0.2) is 18.9 Å². The Morgan fingerprint density at radius 2 is 2.07 bits per heavy atom. The van der Waals surface area contributed by atoms with Crippen LogP contribution in [0, 0.1) is 23.7 Å². The summed E-state index contributed by atoms with van der Waals surface area (Å²) in [6, 6.07) is 0. The number of hydrogen-bond donors (Lipinski definition) is 1. The van der Waals surface area contributed by atoms with Crippen LogP contribution in [0.4, 0.5) is 0 Å². The monoisotopic (exact) mass is 208 g/mol. The summed E-state index contributed by atoms with van der Waals surface area (Å²) in [5.41, 5.74) is 1.45. The molecule has 15 heavy (non-hydrogen) atoms. The molecule has 1 fully saturated rings. The molecule has 0 aromatic heterocycles. The lowest BCUT2D eigenvalue weighted by Crippen LogP contribution is -2.31. The Morgan fingerprint density at radius 1 is 1.27 bits per heavy atom. The summed E-state index contributed by atoms with van der Waals surface area (Å²) in [4.78, 5) is 4.59. The van der Waals surface area contributed by atoms with Crippen molar-refractivity contribution in [1.29, 1.82) is 0 Å². The topological polar surface area (TPSA) is 24.4 Å². The highest BCUT2D eigenvalue weighted by Crippen LogP contribution is 2.37. The molecule has 0 bridgehead atoms. The van der Waals surface area contributed by atoms with Gasteiger partial charge < -0.3 is 0 Å². The Bertz CT molecular complexity index is 245. The van der Waals surface area contributed by atoms with Gasteiger partial charge in [-0.15, -0.1) is 0 Å². The van der Waals surface area contributed by atoms with E-state index in [0.717, 1.165) is 36.9 Å². The summed E-state index contributed by atoms with van der Waals surface area (Å²) in [5, 5.41) is 3.32. The second kappa shape index (κ2) is 4.65. The normalized spacial score (nSPS) is 37.1. The molecule has 3 atom stereocenters. The van der Waals surface area contributed by atoms with Gasteiger partial charge in [0.05, 0.1) is 6.67 Å². The Balaban J connectivity index is 2.00. The van der Waals surface area contributed by atoms with Gasteiger partial charge in [0, 0.05) is 12.3 Å². The standard InChI is InChI=1S/C13H24N2/c1-9(2)11-4-10(3)5-12(6-11)13-7-14-8-15-13/h9-12,14H,4-8H2,1-3H3/t10?,11-,12?/m1/s1. The van der Waals surface area contributed by atoms with Gasteiger partial charge >= 0.3 is 0 Å². The molecule has 1 saturated carbocycles. The third kappa shape index (κ3) is 2.60. The molecule has 2 nitrogen and oxygen atoms in total. The number of nitrogens with zero attached hydrogens (tertiary/aromatic N) is 1. The molecule has 86 valence electrons. The maximum Gasteiger partial charge on any atom is 0.0887 e. The van der Waals surface area contributed by atoms with Gasteiger partial charge in [0.15, 0.2) is 0 Å². The SMILES string of the molecule is CC1CC(C2=NCNC2)C[C@H](C(C)C)C1. The Hall–Kier alpha value is -0.370. The molecule has 1 aliphatic carbocycles. The van der Waals surface area contributed by atoms with Crippen LogP contribution in [0.3, 0.4) is 0 Å². The van der Waals surface area contributed by atoms with Crippen LogP contribution in [0.25, 0.3) is 0 Å². The molecule has 0 spiro atoms. The highest BCUT2D eigenvalue weighted by atomic mass is 15.1. The zero-order valence-corrected chi connectivity index (χ0v) is 10.3. The second-order valence-electron chi connectivity index (χ2n) is 5.75. The first-order valence-corrected chi connectivity index (χ1v) is 6.40. The van der Waals surface area contributed by atoms with E-state index in [2.05, 4.69) is 31.1 Å². The third-order valence-corrected chi connectivity index (χ3v) is 4.09. The number of hydrogen-bond acceptors (Lipinski definition) is 2. The van der Waals surface area contributed by atoms with Crippen molar-refractivity contribution in [2.45, 2.75) is 40.0 Å². The van der Waals surface area contributed by atoms with Crippen molar-refractivity contribution in [2.75, 3.05) is 13.2 Å². The summed E-state index contributed by atoms with van der Waals surface area (Å²) in [6.45, 7) is 9.04. The van der Waals surface area contributed by atoms with Crippen molar-refractivity contribution in [3.63, 3.8) is 0 Å². The molecule has 2 rings (SSSR count). The first-order chi connectivity index (χ1) is 7.16. The van der Waals surface area contributed by atoms with E-state index < -0.39 is 0 Å². The van der Waals surface area contributed by atoms with E-state index in [1.807, 2.05) is 0 Å². The lowest BCUT2D eigenvalue weighted by atomic mass is 9.70. The highest BCUT2D eigenvalue weighted by Gasteiger charge is 2.31. The first kappa shape index (κ1) is 11.1. The molecule has 1 heterocycles. The molecule has 2 aliphatic rings. The molecule has 0 radical (unpaired) electrons. The molecule has 0 saturated heterocycles. The van der Waals surface area contributed by atoms with Crippen molar-refractivity contribution < 1.29 is 0 Å². The zero-order valence-electron chi connectivity index (χ0n) is 10.3. The van der Waals surface area contributed by atoms with E-state index in [9.17, 15) is 0 Å². The van der Waals surface area contributed by atoms with Crippen LogP contribution in [-0.2, 0) is 0 Å². The molecular formula is C13H24N2. The minimum Gasteiger partial charge on any atom is -0.293 e. The largest absolute Gasteiger partial charge is 0.293 e. The number of rotatable bonds is 2. The van der Waals surface area contributed by atoms with Crippen LogP contribution in [0.15, 0.2) is 4.99 Å². The van der Waals surface area contributed by atoms with Crippen molar-refractivity contribution >= 4 is 5.71 Å². The first-order valence-electron chi connectivity index (χ1n) is 6.40. The molecule has 2 heteroatoms. The van der Waals surface area contributed by atoms with Crippen LogP contribution in [0.5, 0.6) is 0 Å². The maximum absolute atomic E-state index is 4.59. The van der Waals surface area contributed by atoms with Crippen LogP contribution in [0.1, 0.15) is 40.0 Å². The lowest BCUT2D eigenvalue weighted by molar-refractivity contribution is 0.198. The fraction of sp³-hybridized carbons (Fsp3) is 0.923. The van der Waals surface area contributed by atoms with Gasteiger partial charge in [-0.05, 0) is 42.9 Å². The molecular weight excluding hydrogens is 184 g/mol. The molecule has 1 N–H and O–H groups in total. The van der Waals surface area contributed by atoms with Crippen molar-refractivity contribution in [3.05, 3.63) is 0 Å². The van der Waals surface area contributed by atoms with Crippen LogP contribution >= 0.6 is 0 Å². The van der Waals surface area contributed by atoms with E-state index in [1.54, 1.807) is 0 Å². The summed E-state index contributed by atoms with van der Waals surface area (Å²) in [7, 11) is 0. The average Bonchev–Trinajstić information content (AvgIpc) is 2.69. The van der Waals surface area contributed by atoms with Gasteiger partial charge in [0.1, 0.15) is 0 Å². The minimum absolute atomic E-state index is 0.774. The average molecular weight is 208 g/mol. The zero-order chi connectivity index (χ0) is 10.8. The Labute approximate surface area is 93.6 Å². The van der Waals surface area contributed by atoms with Crippen molar-refractivity contribution in [1.82, 2.24) is 5.32 Å². The third-order valence-electron chi connectivity index (χ3n) is 4.09. The Kier molecular flexibility index (Phi) is 3.45. The maximum atomic E-state index is 4.59. The highest BCUT2D eigenvalue weighted by molar-refractivity contribution is 5.89. The van der Waals surface area contributed by atoms with Gasteiger partial charge in [-0.25, -0.2) is 0 Å². The van der Waals surface area contributed by atoms with Gasteiger partial charge in [0.2, 0.25) is 0 Å². The summed E-state index contributed by atoms with van der Waals surface area (Å²) >= 11 is 0. The summed E-state index contributed by atoms with van der Waals surface area (Å²) in [6.07, 6.45) is 4.17.